The molecule has 1 aromatic rings. The van der Waals surface area contributed by atoms with Gasteiger partial charge in [-0.05, 0) is 30.4 Å². The average Bonchev–Trinajstić information content (AvgIpc) is 2.39. The summed E-state index contributed by atoms with van der Waals surface area (Å²) in [5.41, 5.74) is 1.40. The van der Waals surface area contributed by atoms with Crippen molar-refractivity contribution < 1.29 is 9.59 Å². The zero-order valence-corrected chi connectivity index (χ0v) is 13.0. The molecule has 1 atom stereocenters. The quantitative estimate of drug-likeness (QED) is 0.820. The number of benzene rings is 1. The Hall–Kier alpha value is -1.49. The van der Waals surface area contributed by atoms with E-state index in [1.54, 1.807) is 12.1 Å². The highest BCUT2D eigenvalue weighted by Crippen LogP contribution is 2.18. The minimum atomic E-state index is -0.0877. The van der Waals surface area contributed by atoms with Crippen LogP contribution < -0.4 is 10.6 Å². The van der Waals surface area contributed by atoms with Crippen LogP contribution in [0.15, 0.2) is 24.3 Å². The lowest BCUT2D eigenvalue weighted by Crippen LogP contribution is -2.20. The number of anilines is 2. The summed E-state index contributed by atoms with van der Waals surface area (Å²) >= 11 is 1.22. The second-order valence-electron chi connectivity index (χ2n) is 4.61. The number of hydrogen-bond acceptors (Lipinski definition) is 3. The Bertz CT molecular complexity index is 463. The van der Waals surface area contributed by atoms with Crippen molar-refractivity contribution in [2.75, 3.05) is 16.4 Å². The van der Waals surface area contributed by atoms with E-state index < -0.39 is 0 Å². The SMILES string of the molecule is CCCC(C)C(=O)Nc1cccc(NC(=O)SCC)c1. The molecule has 0 fully saturated rings. The maximum absolute atomic E-state index is 11.9. The van der Waals surface area contributed by atoms with Gasteiger partial charge in [0.05, 0.1) is 0 Å². The molecule has 1 aromatic carbocycles. The lowest BCUT2D eigenvalue weighted by atomic mass is 10.1. The van der Waals surface area contributed by atoms with Gasteiger partial charge in [0.25, 0.3) is 5.24 Å². The first-order valence-corrected chi connectivity index (χ1v) is 7.90. The molecule has 0 spiro atoms. The van der Waals surface area contributed by atoms with Crippen LogP contribution in [-0.4, -0.2) is 16.9 Å². The molecule has 0 aromatic heterocycles. The number of rotatable bonds is 6. The predicted octanol–water partition coefficient (Wildman–Crippen LogP) is 4.35. The smallest absolute Gasteiger partial charge is 0.283 e. The largest absolute Gasteiger partial charge is 0.326 e. The van der Waals surface area contributed by atoms with Gasteiger partial charge in [-0.3, -0.25) is 9.59 Å². The van der Waals surface area contributed by atoms with Crippen molar-refractivity contribution in [1.82, 2.24) is 0 Å². The average molecular weight is 294 g/mol. The number of nitrogens with one attached hydrogen (secondary N) is 2. The molecule has 0 saturated carbocycles. The van der Waals surface area contributed by atoms with Crippen LogP contribution in [0.4, 0.5) is 16.2 Å². The van der Waals surface area contributed by atoms with E-state index in [1.807, 2.05) is 26.0 Å². The van der Waals surface area contributed by atoms with Crippen LogP contribution in [0.25, 0.3) is 0 Å². The standard InChI is InChI=1S/C15H22N2O2S/c1-4-7-11(3)14(18)16-12-8-6-9-13(10-12)17-15(19)20-5-2/h6,8-11H,4-5,7H2,1-3H3,(H,16,18)(H,17,19). The molecule has 4 nitrogen and oxygen atoms in total. The van der Waals surface area contributed by atoms with Crippen LogP contribution in [0, 0.1) is 5.92 Å². The van der Waals surface area contributed by atoms with Gasteiger partial charge in [-0.1, -0.05) is 45.0 Å². The minimum Gasteiger partial charge on any atom is -0.326 e. The molecular formula is C15H22N2O2S. The maximum Gasteiger partial charge on any atom is 0.283 e. The van der Waals surface area contributed by atoms with Crippen molar-refractivity contribution in [2.45, 2.75) is 33.6 Å². The fourth-order valence-electron chi connectivity index (χ4n) is 1.79. The van der Waals surface area contributed by atoms with Gasteiger partial charge in [0.15, 0.2) is 0 Å². The third-order valence-electron chi connectivity index (χ3n) is 2.82. The Labute approximate surface area is 124 Å². The van der Waals surface area contributed by atoms with Gasteiger partial charge < -0.3 is 10.6 Å². The summed E-state index contributed by atoms with van der Waals surface area (Å²) in [6, 6.07) is 7.20. The van der Waals surface area contributed by atoms with Crippen LogP contribution >= 0.6 is 11.8 Å². The molecule has 5 heteroatoms. The van der Waals surface area contributed by atoms with Crippen molar-refractivity contribution in [2.24, 2.45) is 5.92 Å². The van der Waals surface area contributed by atoms with Gasteiger partial charge in [-0.15, -0.1) is 0 Å². The van der Waals surface area contributed by atoms with Crippen LogP contribution in [0.1, 0.15) is 33.6 Å². The lowest BCUT2D eigenvalue weighted by molar-refractivity contribution is -0.119. The maximum atomic E-state index is 11.9. The lowest BCUT2D eigenvalue weighted by Gasteiger charge is -2.12. The molecule has 110 valence electrons. The normalized spacial score (nSPS) is 11.8. The molecule has 0 aliphatic heterocycles. The van der Waals surface area contributed by atoms with Crippen molar-refractivity contribution in [3.05, 3.63) is 24.3 Å². The Morgan fingerprint density at radius 3 is 2.45 bits per heavy atom. The molecular weight excluding hydrogens is 272 g/mol. The number of carbonyl (C=O) groups is 2. The zero-order chi connectivity index (χ0) is 15.0. The minimum absolute atomic E-state index is 0.00565. The molecule has 0 radical (unpaired) electrons. The Kier molecular flexibility index (Phi) is 7.15. The van der Waals surface area contributed by atoms with Crippen molar-refractivity contribution in [1.29, 1.82) is 0 Å². The highest BCUT2D eigenvalue weighted by atomic mass is 32.2. The van der Waals surface area contributed by atoms with Crippen LogP contribution in [0.5, 0.6) is 0 Å². The topological polar surface area (TPSA) is 58.2 Å². The molecule has 1 unspecified atom stereocenters. The molecule has 20 heavy (non-hydrogen) atoms. The summed E-state index contributed by atoms with van der Waals surface area (Å²) in [4.78, 5) is 23.4. The summed E-state index contributed by atoms with van der Waals surface area (Å²) in [5.74, 6) is 0.740. The summed E-state index contributed by atoms with van der Waals surface area (Å²) in [6.07, 6.45) is 1.86. The molecule has 0 aliphatic carbocycles. The van der Waals surface area contributed by atoms with Crippen LogP contribution in [0.2, 0.25) is 0 Å². The van der Waals surface area contributed by atoms with Gasteiger partial charge >= 0.3 is 0 Å². The Morgan fingerprint density at radius 1 is 1.20 bits per heavy atom. The third kappa shape index (κ3) is 5.65. The molecule has 0 aliphatic rings. The monoisotopic (exact) mass is 294 g/mol. The van der Waals surface area contributed by atoms with E-state index in [0.717, 1.165) is 18.6 Å². The van der Waals surface area contributed by atoms with Gasteiger partial charge in [0.1, 0.15) is 0 Å². The molecule has 1 rings (SSSR count). The molecule has 0 bridgehead atoms. The second-order valence-corrected chi connectivity index (χ2v) is 5.84. The fraction of sp³-hybridized carbons (Fsp3) is 0.467. The summed E-state index contributed by atoms with van der Waals surface area (Å²) < 4.78 is 0. The Balaban J connectivity index is 2.63. The predicted molar refractivity (Wildman–Crippen MR) is 86.3 cm³/mol. The van der Waals surface area contributed by atoms with Crippen LogP contribution in [0.3, 0.4) is 0 Å². The van der Waals surface area contributed by atoms with Crippen molar-refractivity contribution in [3.8, 4) is 0 Å². The third-order valence-corrected chi connectivity index (χ3v) is 3.47. The van der Waals surface area contributed by atoms with Gasteiger partial charge in [0.2, 0.25) is 5.91 Å². The fourth-order valence-corrected chi connectivity index (χ4v) is 2.24. The highest BCUT2D eigenvalue weighted by Gasteiger charge is 2.12. The van der Waals surface area contributed by atoms with E-state index in [4.69, 9.17) is 0 Å². The summed E-state index contributed by atoms with van der Waals surface area (Å²) in [7, 11) is 0. The van der Waals surface area contributed by atoms with E-state index in [9.17, 15) is 9.59 Å². The first kappa shape index (κ1) is 16.6. The first-order valence-electron chi connectivity index (χ1n) is 6.91. The number of carbonyl (C=O) groups excluding carboxylic acids is 2. The number of hydrogen-bond donors (Lipinski definition) is 2. The first-order chi connectivity index (χ1) is 9.56. The van der Waals surface area contributed by atoms with E-state index in [2.05, 4.69) is 17.6 Å². The van der Waals surface area contributed by atoms with Crippen molar-refractivity contribution >= 4 is 34.3 Å². The highest BCUT2D eigenvalue weighted by molar-refractivity contribution is 8.13. The summed E-state index contributed by atoms with van der Waals surface area (Å²) in [6.45, 7) is 5.91. The summed E-state index contributed by atoms with van der Waals surface area (Å²) in [5, 5.41) is 5.57. The zero-order valence-electron chi connectivity index (χ0n) is 12.2. The number of amides is 2. The van der Waals surface area contributed by atoms with Gasteiger partial charge in [0, 0.05) is 17.3 Å². The molecule has 0 saturated heterocycles. The van der Waals surface area contributed by atoms with E-state index in [1.165, 1.54) is 11.8 Å². The second kappa shape index (κ2) is 8.64. The van der Waals surface area contributed by atoms with Crippen LogP contribution in [-0.2, 0) is 4.79 Å². The van der Waals surface area contributed by atoms with E-state index in [0.29, 0.717) is 11.4 Å². The van der Waals surface area contributed by atoms with Gasteiger partial charge in [-0.25, -0.2) is 0 Å². The van der Waals surface area contributed by atoms with E-state index in [-0.39, 0.29) is 17.1 Å². The molecule has 2 amide bonds. The Morgan fingerprint density at radius 2 is 1.85 bits per heavy atom. The molecule has 0 heterocycles. The van der Waals surface area contributed by atoms with Gasteiger partial charge in [-0.2, -0.15) is 0 Å². The molecule has 2 N–H and O–H groups in total. The van der Waals surface area contributed by atoms with Crippen molar-refractivity contribution in [3.63, 3.8) is 0 Å². The van der Waals surface area contributed by atoms with E-state index >= 15 is 0 Å². The number of thioether (sulfide) groups is 1.